The van der Waals surface area contributed by atoms with Gasteiger partial charge in [0.1, 0.15) is 5.82 Å². The number of aryl methyl sites for hydroxylation is 1. The number of amides is 1. The zero-order chi connectivity index (χ0) is 25.6. The van der Waals surface area contributed by atoms with E-state index in [1.807, 2.05) is 30.5 Å². The molecule has 10 nitrogen and oxygen atoms in total. The second-order valence-corrected chi connectivity index (χ2v) is 10.8. The van der Waals surface area contributed by atoms with Crippen molar-refractivity contribution < 1.29 is 9.32 Å². The van der Waals surface area contributed by atoms with Crippen LogP contribution in [0.3, 0.4) is 0 Å². The molecule has 4 aromatic rings. The SMILES string of the molecule is Cc1noc(-c2ccc3nc(Nc4cc(CN5CCN(C(=O)CC6CC6)CC5(C)C)ccn4)[nH]c3c2)n1. The number of H-pyrrole nitrogens is 1. The van der Waals surface area contributed by atoms with Crippen molar-refractivity contribution in [2.45, 2.75) is 52.1 Å². The number of aromatic nitrogens is 5. The Morgan fingerprint density at radius 1 is 1.19 bits per heavy atom. The highest BCUT2D eigenvalue weighted by Gasteiger charge is 2.37. The lowest BCUT2D eigenvalue weighted by atomic mass is 9.97. The Kier molecular flexibility index (Phi) is 5.91. The number of imidazole rings is 1. The quantitative estimate of drug-likeness (QED) is 0.386. The van der Waals surface area contributed by atoms with Crippen LogP contribution in [0.5, 0.6) is 0 Å². The fourth-order valence-corrected chi connectivity index (χ4v) is 4.99. The summed E-state index contributed by atoms with van der Waals surface area (Å²) in [4.78, 5) is 33.9. The Morgan fingerprint density at radius 2 is 2.05 bits per heavy atom. The van der Waals surface area contributed by atoms with E-state index in [-0.39, 0.29) is 5.54 Å². The van der Waals surface area contributed by atoms with E-state index >= 15 is 0 Å². The Labute approximate surface area is 215 Å². The van der Waals surface area contributed by atoms with E-state index in [9.17, 15) is 4.79 Å². The van der Waals surface area contributed by atoms with Gasteiger partial charge in [-0.15, -0.1) is 0 Å². The first kappa shape index (κ1) is 23.6. The number of carbonyl (C=O) groups excluding carboxylic acids is 1. The molecule has 2 aliphatic rings. The number of fused-ring (bicyclic) bond motifs is 1. The smallest absolute Gasteiger partial charge is 0.257 e. The molecule has 1 saturated carbocycles. The monoisotopic (exact) mass is 500 g/mol. The number of nitrogens with zero attached hydrogens (tertiary/aromatic N) is 6. The average molecular weight is 501 g/mol. The molecule has 4 heterocycles. The van der Waals surface area contributed by atoms with Gasteiger partial charge in [0.15, 0.2) is 5.82 Å². The first-order valence-corrected chi connectivity index (χ1v) is 12.9. The predicted molar refractivity (Wildman–Crippen MR) is 140 cm³/mol. The van der Waals surface area contributed by atoms with E-state index in [0.717, 1.165) is 60.6 Å². The summed E-state index contributed by atoms with van der Waals surface area (Å²) in [6.07, 6.45) is 4.96. The van der Waals surface area contributed by atoms with E-state index in [1.165, 1.54) is 12.8 Å². The van der Waals surface area contributed by atoms with Crippen molar-refractivity contribution in [3.63, 3.8) is 0 Å². The zero-order valence-electron chi connectivity index (χ0n) is 21.5. The Bertz CT molecular complexity index is 1440. The summed E-state index contributed by atoms with van der Waals surface area (Å²) < 4.78 is 5.28. The van der Waals surface area contributed by atoms with Gasteiger partial charge in [0.05, 0.1) is 11.0 Å². The molecule has 1 aliphatic heterocycles. The topological polar surface area (TPSA) is 116 Å². The van der Waals surface area contributed by atoms with Crippen molar-refractivity contribution in [3.05, 3.63) is 47.9 Å². The molecule has 2 N–H and O–H groups in total. The Balaban J connectivity index is 1.12. The third-order valence-electron chi connectivity index (χ3n) is 7.29. The van der Waals surface area contributed by atoms with Crippen molar-refractivity contribution in [1.82, 2.24) is 34.9 Å². The van der Waals surface area contributed by atoms with Crippen molar-refractivity contribution >= 4 is 28.7 Å². The summed E-state index contributed by atoms with van der Waals surface area (Å²) in [5.41, 5.74) is 3.59. The molecular weight excluding hydrogens is 468 g/mol. The molecule has 0 bridgehead atoms. The minimum atomic E-state index is -0.0956. The molecule has 37 heavy (non-hydrogen) atoms. The van der Waals surface area contributed by atoms with E-state index < -0.39 is 0 Å². The van der Waals surface area contributed by atoms with Crippen LogP contribution < -0.4 is 5.32 Å². The largest absolute Gasteiger partial charge is 0.340 e. The number of carbonyl (C=O) groups is 1. The maximum Gasteiger partial charge on any atom is 0.257 e. The highest BCUT2D eigenvalue weighted by molar-refractivity contribution is 5.82. The summed E-state index contributed by atoms with van der Waals surface area (Å²) in [5.74, 6) is 3.35. The van der Waals surface area contributed by atoms with E-state index in [4.69, 9.17) is 4.52 Å². The molecule has 192 valence electrons. The number of aromatic amines is 1. The molecule has 6 rings (SSSR count). The van der Waals surface area contributed by atoms with Crippen LogP contribution in [0, 0.1) is 12.8 Å². The molecule has 1 saturated heterocycles. The Morgan fingerprint density at radius 3 is 2.81 bits per heavy atom. The normalized spacial score (nSPS) is 17.9. The Hall–Kier alpha value is -3.79. The van der Waals surface area contributed by atoms with Crippen LogP contribution in [0.15, 0.2) is 41.1 Å². The van der Waals surface area contributed by atoms with Crippen LogP contribution in [-0.4, -0.2) is 66.0 Å². The minimum absolute atomic E-state index is 0.0956. The zero-order valence-corrected chi connectivity index (χ0v) is 21.5. The molecule has 1 aliphatic carbocycles. The number of hydrogen-bond acceptors (Lipinski definition) is 8. The van der Waals surface area contributed by atoms with Crippen LogP contribution in [-0.2, 0) is 11.3 Å². The predicted octanol–water partition coefficient (Wildman–Crippen LogP) is 4.28. The van der Waals surface area contributed by atoms with Crippen LogP contribution in [0.4, 0.5) is 11.8 Å². The standard InChI is InChI=1S/C27H32N8O2/c1-17-29-25(37-33-17)20-6-7-21-22(14-20)31-26(30-21)32-23-12-19(8-9-28-23)15-35-11-10-34(16-27(35,2)3)24(36)13-18-4-5-18/h6-9,12,14,18H,4-5,10-11,13,15-16H2,1-3H3,(H2,28,30,31,32). The third kappa shape index (κ3) is 5.20. The summed E-state index contributed by atoms with van der Waals surface area (Å²) in [6, 6.07) is 9.89. The van der Waals surface area contributed by atoms with Crippen molar-refractivity contribution in [1.29, 1.82) is 0 Å². The van der Waals surface area contributed by atoms with Gasteiger partial charge in [-0.2, -0.15) is 4.98 Å². The number of hydrogen-bond donors (Lipinski definition) is 2. The lowest BCUT2D eigenvalue weighted by molar-refractivity contribution is -0.136. The fraction of sp³-hybridized carbons (Fsp3) is 0.444. The highest BCUT2D eigenvalue weighted by Crippen LogP contribution is 2.34. The van der Waals surface area contributed by atoms with Crippen molar-refractivity contribution in [2.24, 2.45) is 5.92 Å². The van der Waals surface area contributed by atoms with Crippen LogP contribution >= 0.6 is 0 Å². The van der Waals surface area contributed by atoms with E-state index in [2.05, 4.69) is 60.1 Å². The summed E-state index contributed by atoms with van der Waals surface area (Å²) in [5, 5.41) is 7.16. The molecular formula is C27H32N8O2. The first-order chi connectivity index (χ1) is 17.8. The van der Waals surface area contributed by atoms with Gasteiger partial charge in [-0.1, -0.05) is 5.16 Å². The van der Waals surface area contributed by atoms with Gasteiger partial charge in [0.2, 0.25) is 11.9 Å². The third-order valence-corrected chi connectivity index (χ3v) is 7.29. The average Bonchev–Trinajstić information content (AvgIpc) is 3.42. The summed E-state index contributed by atoms with van der Waals surface area (Å²) in [7, 11) is 0. The van der Waals surface area contributed by atoms with Gasteiger partial charge >= 0.3 is 0 Å². The number of anilines is 2. The molecule has 1 amide bonds. The molecule has 3 aromatic heterocycles. The van der Waals surface area contributed by atoms with Gasteiger partial charge in [-0.25, -0.2) is 9.97 Å². The van der Waals surface area contributed by atoms with Crippen molar-refractivity contribution in [3.8, 4) is 11.5 Å². The van der Waals surface area contributed by atoms with E-state index in [1.54, 1.807) is 6.92 Å². The second-order valence-electron chi connectivity index (χ2n) is 10.8. The van der Waals surface area contributed by atoms with Gasteiger partial charge in [0, 0.05) is 49.9 Å². The summed E-state index contributed by atoms with van der Waals surface area (Å²) >= 11 is 0. The first-order valence-electron chi connectivity index (χ1n) is 12.9. The fourth-order valence-electron chi connectivity index (χ4n) is 4.99. The second kappa shape index (κ2) is 9.26. The lowest BCUT2D eigenvalue weighted by Gasteiger charge is -2.47. The van der Waals surface area contributed by atoms with E-state index in [0.29, 0.717) is 29.5 Å². The summed E-state index contributed by atoms with van der Waals surface area (Å²) in [6.45, 7) is 9.45. The number of benzene rings is 1. The van der Waals surface area contributed by atoms with Crippen LogP contribution in [0.1, 0.15) is 44.5 Å². The van der Waals surface area contributed by atoms with Gasteiger partial charge < -0.3 is 19.7 Å². The molecule has 0 spiro atoms. The number of piperazine rings is 1. The maximum absolute atomic E-state index is 12.6. The van der Waals surface area contributed by atoms with Crippen LogP contribution in [0.25, 0.3) is 22.5 Å². The van der Waals surface area contributed by atoms with Gasteiger partial charge in [-0.3, -0.25) is 9.69 Å². The molecule has 0 atom stereocenters. The number of pyridine rings is 1. The highest BCUT2D eigenvalue weighted by atomic mass is 16.5. The molecule has 10 heteroatoms. The molecule has 0 unspecified atom stereocenters. The van der Waals surface area contributed by atoms with Gasteiger partial charge in [-0.05, 0) is 75.4 Å². The van der Waals surface area contributed by atoms with Gasteiger partial charge in [0.25, 0.3) is 5.89 Å². The lowest BCUT2D eigenvalue weighted by Crippen LogP contribution is -2.60. The number of nitrogens with one attached hydrogen (secondary N) is 2. The number of rotatable bonds is 7. The molecule has 0 radical (unpaired) electrons. The molecule has 1 aromatic carbocycles. The van der Waals surface area contributed by atoms with Crippen molar-refractivity contribution in [2.75, 3.05) is 25.0 Å². The van der Waals surface area contributed by atoms with Crippen LogP contribution in [0.2, 0.25) is 0 Å². The molecule has 2 fully saturated rings. The minimum Gasteiger partial charge on any atom is -0.340 e. The maximum atomic E-state index is 12.6.